The van der Waals surface area contributed by atoms with Crippen molar-refractivity contribution >= 4 is 23.2 Å². The Bertz CT molecular complexity index is 791. The third kappa shape index (κ3) is 5.11. The van der Waals surface area contributed by atoms with Crippen molar-refractivity contribution in [1.29, 1.82) is 0 Å². The SMILES string of the molecule is COCCNC(=O)c1cccc(NC(=O)c2cccc([N+](=O)[O-])c2)c1. The fourth-order valence-electron chi connectivity index (χ4n) is 2.07. The van der Waals surface area contributed by atoms with Gasteiger partial charge < -0.3 is 15.4 Å². The molecule has 0 heterocycles. The van der Waals surface area contributed by atoms with Gasteiger partial charge >= 0.3 is 0 Å². The number of nitro benzene ring substituents is 1. The number of hydrogen-bond acceptors (Lipinski definition) is 5. The molecule has 8 heteroatoms. The Morgan fingerprint density at radius 1 is 1.08 bits per heavy atom. The largest absolute Gasteiger partial charge is 0.383 e. The van der Waals surface area contributed by atoms with Gasteiger partial charge in [0.25, 0.3) is 17.5 Å². The van der Waals surface area contributed by atoms with E-state index in [2.05, 4.69) is 10.6 Å². The zero-order chi connectivity index (χ0) is 18.2. The van der Waals surface area contributed by atoms with Crippen LogP contribution in [-0.2, 0) is 4.74 Å². The van der Waals surface area contributed by atoms with Crippen LogP contribution in [0.2, 0.25) is 0 Å². The van der Waals surface area contributed by atoms with Crippen LogP contribution < -0.4 is 10.6 Å². The van der Waals surface area contributed by atoms with E-state index in [1.165, 1.54) is 37.4 Å². The molecule has 0 aromatic heterocycles. The Morgan fingerprint density at radius 2 is 1.76 bits per heavy atom. The van der Waals surface area contributed by atoms with Crippen LogP contribution in [0.3, 0.4) is 0 Å². The molecule has 0 aliphatic carbocycles. The quantitative estimate of drug-likeness (QED) is 0.455. The number of ether oxygens (including phenoxy) is 1. The van der Waals surface area contributed by atoms with E-state index in [1.54, 1.807) is 18.2 Å². The van der Waals surface area contributed by atoms with Crippen LogP contribution in [0.5, 0.6) is 0 Å². The van der Waals surface area contributed by atoms with Crippen LogP contribution in [0.15, 0.2) is 48.5 Å². The van der Waals surface area contributed by atoms with E-state index >= 15 is 0 Å². The first kappa shape index (κ1) is 18.1. The van der Waals surface area contributed by atoms with Crippen molar-refractivity contribution in [3.63, 3.8) is 0 Å². The number of rotatable bonds is 7. The second-order valence-electron chi connectivity index (χ2n) is 5.09. The summed E-state index contributed by atoms with van der Waals surface area (Å²) in [5.41, 5.74) is 0.784. The van der Waals surface area contributed by atoms with Crippen molar-refractivity contribution in [2.45, 2.75) is 0 Å². The number of benzene rings is 2. The van der Waals surface area contributed by atoms with Crippen molar-refractivity contribution < 1.29 is 19.2 Å². The summed E-state index contributed by atoms with van der Waals surface area (Å²) in [5, 5.41) is 16.1. The number of non-ortho nitro benzene ring substituents is 1. The minimum absolute atomic E-state index is 0.157. The highest BCUT2D eigenvalue weighted by molar-refractivity contribution is 6.05. The smallest absolute Gasteiger partial charge is 0.270 e. The number of nitrogens with one attached hydrogen (secondary N) is 2. The maximum absolute atomic E-state index is 12.2. The summed E-state index contributed by atoms with van der Waals surface area (Å²) < 4.78 is 4.86. The molecule has 8 nitrogen and oxygen atoms in total. The second-order valence-corrected chi connectivity index (χ2v) is 5.09. The summed E-state index contributed by atoms with van der Waals surface area (Å²) in [4.78, 5) is 34.4. The third-order valence-corrected chi connectivity index (χ3v) is 3.29. The standard InChI is InChI=1S/C17H17N3O5/c1-25-9-8-18-16(21)12-4-2-6-14(10-12)19-17(22)13-5-3-7-15(11-13)20(23)24/h2-7,10-11H,8-9H2,1H3,(H,18,21)(H,19,22). The molecule has 25 heavy (non-hydrogen) atoms. The number of amides is 2. The van der Waals surface area contributed by atoms with Crippen LogP contribution in [0.4, 0.5) is 11.4 Å². The average molecular weight is 343 g/mol. The van der Waals surface area contributed by atoms with Gasteiger partial charge in [0.1, 0.15) is 0 Å². The fourth-order valence-corrected chi connectivity index (χ4v) is 2.07. The highest BCUT2D eigenvalue weighted by Crippen LogP contribution is 2.16. The molecular weight excluding hydrogens is 326 g/mol. The van der Waals surface area contributed by atoms with Gasteiger partial charge in [-0.1, -0.05) is 12.1 Å². The molecule has 2 N–H and O–H groups in total. The second kappa shape index (κ2) is 8.55. The van der Waals surface area contributed by atoms with E-state index in [0.717, 1.165) is 0 Å². The molecule has 0 fully saturated rings. The molecule has 0 unspecified atom stereocenters. The molecule has 0 saturated carbocycles. The molecule has 2 amide bonds. The van der Waals surface area contributed by atoms with Crippen molar-refractivity contribution in [3.05, 3.63) is 69.8 Å². The van der Waals surface area contributed by atoms with E-state index in [0.29, 0.717) is 24.4 Å². The number of methoxy groups -OCH3 is 1. The highest BCUT2D eigenvalue weighted by atomic mass is 16.6. The zero-order valence-corrected chi connectivity index (χ0v) is 13.5. The van der Waals surface area contributed by atoms with Crippen LogP contribution in [0.25, 0.3) is 0 Å². The molecule has 2 aromatic carbocycles. The predicted molar refractivity (Wildman–Crippen MR) is 91.7 cm³/mol. The molecule has 0 aliphatic heterocycles. The van der Waals surface area contributed by atoms with Gasteiger partial charge in [-0.2, -0.15) is 0 Å². The third-order valence-electron chi connectivity index (χ3n) is 3.29. The Hall–Kier alpha value is -3.26. The normalized spacial score (nSPS) is 10.1. The van der Waals surface area contributed by atoms with E-state index in [9.17, 15) is 19.7 Å². The van der Waals surface area contributed by atoms with E-state index in [4.69, 9.17) is 4.74 Å². The number of carbonyl (C=O) groups is 2. The molecule has 0 aliphatic rings. The highest BCUT2D eigenvalue weighted by Gasteiger charge is 2.12. The van der Waals surface area contributed by atoms with E-state index < -0.39 is 10.8 Å². The summed E-state index contributed by atoms with van der Waals surface area (Å²) in [6.07, 6.45) is 0. The van der Waals surface area contributed by atoms with Gasteiger partial charge in [-0.15, -0.1) is 0 Å². The molecule has 0 spiro atoms. The van der Waals surface area contributed by atoms with Crippen molar-refractivity contribution in [1.82, 2.24) is 5.32 Å². The van der Waals surface area contributed by atoms with Crippen molar-refractivity contribution in [2.75, 3.05) is 25.6 Å². The lowest BCUT2D eigenvalue weighted by Crippen LogP contribution is -2.27. The van der Waals surface area contributed by atoms with Gasteiger partial charge in [-0.25, -0.2) is 0 Å². The number of nitro groups is 1. The van der Waals surface area contributed by atoms with Crippen LogP contribution >= 0.6 is 0 Å². The summed E-state index contributed by atoms with van der Waals surface area (Å²) in [6.45, 7) is 0.772. The first-order valence-corrected chi connectivity index (χ1v) is 7.44. The summed E-state index contributed by atoms with van der Waals surface area (Å²) in [5.74, 6) is -0.788. The summed E-state index contributed by atoms with van der Waals surface area (Å²) in [6, 6.07) is 11.8. The maximum atomic E-state index is 12.2. The summed E-state index contributed by atoms with van der Waals surface area (Å²) >= 11 is 0. The van der Waals surface area contributed by atoms with Gasteiger partial charge in [-0.05, 0) is 24.3 Å². The predicted octanol–water partition coefficient (Wildman–Crippen LogP) is 2.22. The average Bonchev–Trinajstić information content (AvgIpc) is 2.62. The lowest BCUT2D eigenvalue weighted by molar-refractivity contribution is -0.384. The van der Waals surface area contributed by atoms with Gasteiger partial charge in [0.2, 0.25) is 0 Å². The molecular formula is C17H17N3O5. The Balaban J connectivity index is 2.08. The lowest BCUT2D eigenvalue weighted by Gasteiger charge is -2.08. The fraction of sp³-hybridized carbons (Fsp3) is 0.176. The molecule has 130 valence electrons. The minimum atomic E-state index is -0.568. The lowest BCUT2D eigenvalue weighted by atomic mass is 10.1. The number of anilines is 1. The number of carbonyl (C=O) groups excluding carboxylic acids is 2. The molecule has 0 bridgehead atoms. The first-order valence-electron chi connectivity index (χ1n) is 7.44. The molecule has 0 saturated heterocycles. The Morgan fingerprint density at radius 3 is 2.44 bits per heavy atom. The van der Waals surface area contributed by atoms with Gasteiger partial charge in [0.15, 0.2) is 0 Å². The Labute approximate surface area is 144 Å². The van der Waals surface area contributed by atoms with Crippen LogP contribution in [0.1, 0.15) is 20.7 Å². The van der Waals surface area contributed by atoms with E-state index in [-0.39, 0.29) is 17.2 Å². The molecule has 2 rings (SSSR count). The molecule has 2 aromatic rings. The maximum Gasteiger partial charge on any atom is 0.270 e. The molecule has 0 atom stereocenters. The van der Waals surface area contributed by atoms with Crippen LogP contribution in [-0.4, -0.2) is 37.0 Å². The van der Waals surface area contributed by atoms with Gasteiger partial charge in [-0.3, -0.25) is 19.7 Å². The van der Waals surface area contributed by atoms with Crippen molar-refractivity contribution in [3.8, 4) is 0 Å². The van der Waals surface area contributed by atoms with Gasteiger partial charge in [0.05, 0.1) is 11.5 Å². The zero-order valence-electron chi connectivity index (χ0n) is 13.5. The monoisotopic (exact) mass is 343 g/mol. The number of hydrogen-bond donors (Lipinski definition) is 2. The van der Waals surface area contributed by atoms with Gasteiger partial charge in [0, 0.05) is 42.6 Å². The Kier molecular flexibility index (Phi) is 6.19. The minimum Gasteiger partial charge on any atom is -0.383 e. The van der Waals surface area contributed by atoms with Crippen LogP contribution in [0, 0.1) is 10.1 Å². The molecule has 0 radical (unpaired) electrons. The van der Waals surface area contributed by atoms with Crippen molar-refractivity contribution in [2.24, 2.45) is 0 Å². The summed E-state index contributed by atoms with van der Waals surface area (Å²) in [7, 11) is 1.54. The van der Waals surface area contributed by atoms with E-state index in [1.807, 2.05) is 0 Å². The number of nitrogens with zero attached hydrogens (tertiary/aromatic N) is 1. The first-order chi connectivity index (χ1) is 12.0. The topological polar surface area (TPSA) is 111 Å².